The molecule has 0 fully saturated rings. The maximum absolute atomic E-state index is 15.0. The van der Waals surface area contributed by atoms with Gasteiger partial charge in [-0.05, 0) is 94.9 Å². The number of hydrogen-bond donors (Lipinski definition) is 0. The number of nitrogens with zero attached hydrogens (tertiary/aromatic N) is 3. The molecule has 0 aliphatic carbocycles. The number of benzene rings is 7. The topological polar surface area (TPSA) is 87.2 Å². The molecule has 1 spiro atoms. The lowest BCUT2D eigenvalue weighted by molar-refractivity contribution is 0.429. The fourth-order valence-electron chi connectivity index (χ4n) is 8.96. The summed E-state index contributed by atoms with van der Waals surface area (Å²) in [6, 6.07) is 51.8. The van der Waals surface area contributed by atoms with Crippen LogP contribution in [0.25, 0.3) is 50.4 Å². The van der Waals surface area contributed by atoms with E-state index in [1.54, 1.807) is 12.1 Å². The highest BCUT2D eigenvalue weighted by atomic mass is 32.2. The summed E-state index contributed by atoms with van der Waals surface area (Å²) in [7, 11) is -3.96. The minimum atomic E-state index is -3.96. The summed E-state index contributed by atoms with van der Waals surface area (Å²) < 4.78 is 44.7. The Labute approximate surface area is 329 Å². The molecule has 8 heteroatoms. The average molecular weight is 762 g/mol. The Hall–Kier alpha value is -6.77. The summed E-state index contributed by atoms with van der Waals surface area (Å²) in [5.74, 6) is 2.27. The van der Waals surface area contributed by atoms with E-state index in [4.69, 9.17) is 9.15 Å². The zero-order chi connectivity index (χ0) is 38.7. The highest BCUT2D eigenvalue weighted by Gasteiger charge is 2.53. The van der Waals surface area contributed by atoms with Crippen LogP contribution in [-0.2, 0) is 20.7 Å². The quantitative estimate of drug-likeness (QED) is 0.178. The Morgan fingerprint density at radius 1 is 0.544 bits per heavy atom. The number of sulfone groups is 1. The number of aromatic nitrogens is 3. The maximum atomic E-state index is 15.0. The van der Waals surface area contributed by atoms with Crippen molar-refractivity contribution in [3.05, 3.63) is 186 Å². The lowest BCUT2D eigenvalue weighted by Crippen LogP contribution is -2.39. The third kappa shape index (κ3) is 4.74. The van der Waals surface area contributed by atoms with E-state index in [2.05, 4.69) is 78.0 Å². The zero-order valence-electron chi connectivity index (χ0n) is 31.4. The van der Waals surface area contributed by atoms with Crippen molar-refractivity contribution >= 4 is 31.6 Å². The number of fused-ring (bicyclic) bond motifs is 11. The summed E-state index contributed by atoms with van der Waals surface area (Å²) in [5, 5.41) is 10.7. The molecule has 0 atom stereocenters. The van der Waals surface area contributed by atoms with E-state index >= 15 is 0 Å². The first-order chi connectivity index (χ1) is 27.6. The van der Waals surface area contributed by atoms with Gasteiger partial charge in [0.25, 0.3) is 0 Å². The van der Waals surface area contributed by atoms with Gasteiger partial charge in [0.2, 0.25) is 21.6 Å². The van der Waals surface area contributed by atoms with Gasteiger partial charge in [-0.1, -0.05) is 106 Å². The number of para-hydroxylation sites is 3. The monoisotopic (exact) mass is 761 g/mol. The Kier molecular flexibility index (Phi) is 6.99. The molecule has 276 valence electrons. The highest BCUT2D eigenvalue weighted by molar-refractivity contribution is 7.91. The summed E-state index contributed by atoms with van der Waals surface area (Å²) >= 11 is 0. The molecule has 0 amide bonds. The summed E-state index contributed by atoms with van der Waals surface area (Å²) in [6.45, 7) is 6.56. The normalized spacial score (nSPS) is 14.8. The molecule has 4 heterocycles. The zero-order valence-corrected chi connectivity index (χ0v) is 32.2. The van der Waals surface area contributed by atoms with Crippen LogP contribution in [0.1, 0.15) is 48.6 Å². The van der Waals surface area contributed by atoms with Crippen LogP contribution in [0, 0.1) is 0 Å². The van der Waals surface area contributed by atoms with Crippen molar-refractivity contribution < 1.29 is 17.6 Å². The molecule has 9 aromatic rings. The van der Waals surface area contributed by atoms with Crippen molar-refractivity contribution in [2.75, 3.05) is 0 Å². The minimum Gasteiger partial charge on any atom is -0.457 e. The molecule has 2 aliphatic rings. The number of rotatable bonds is 3. The number of hydrogen-bond acceptors (Lipinski definition) is 6. The molecule has 2 aliphatic heterocycles. The van der Waals surface area contributed by atoms with Crippen molar-refractivity contribution in [1.29, 1.82) is 0 Å². The third-order valence-corrected chi connectivity index (χ3v) is 13.5. The van der Waals surface area contributed by atoms with Crippen LogP contribution in [0.2, 0.25) is 0 Å². The molecule has 0 saturated heterocycles. The predicted molar refractivity (Wildman–Crippen MR) is 222 cm³/mol. The fraction of sp³-hybridized carbons (Fsp3) is 0.102. The van der Waals surface area contributed by atoms with Crippen molar-refractivity contribution in [3.63, 3.8) is 0 Å². The standard InChI is InChI=1S/C49H35N3O4S/c1-48(2,3)32-24-20-30(21-25-32)46-50-51-47(56-46)31-22-26-33(27-23-31)52-40-16-8-4-12-34(40)35-28-39-45(29-41(35)52)57(53,54)44-19-11-7-15-38(44)49(39)36-13-5-9-17-42(36)55-43-18-10-6-14-37(43)49/h4-29H,1-3H3. The second-order valence-electron chi connectivity index (χ2n) is 15.8. The van der Waals surface area contributed by atoms with Gasteiger partial charge < -0.3 is 13.7 Å². The Balaban J connectivity index is 1.11. The molecule has 57 heavy (non-hydrogen) atoms. The average Bonchev–Trinajstić information content (AvgIpc) is 3.86. The van der Waals surface area contributed by atoms with Gasteiger partial charge in [-0.25, -0.2) is 8.42 Å². The molecule has 0 radical (unpaired) electrons. The maximum Gasteiger partial charge on any atom is 0.248 e. The van der Waals surface area contributed by atoms with Crippen molar-refractivity contribution in [2.24, 2.45) is 0 Å². The second kappa shape index (κ2) is 11.9. The van der Waals surface area contributed by atoms with Crippen molar-refractivity contribution in [3.8, 4) is 40.1 Å². The SMILES string of the molecule is CC(C)(C)c1ccc(-c2nnc(-c3ccc(-n4c5ccccc5c5cc6c(cc54)S(=O)(=O)c4ccccc4C64c5ccccc5Oc5ccccc54)cc3)o2)cc1. The minimum absolute atomic E-state index is 0.0428. The largest absolute Gasteiger partial charge is 0.457 e. The first-order valence-electron chi connectivity index (χ1n) is 19.0. The van der Waals surface area contributed by atoms with E-state index in [0.717, 1.165) is 49.7 Å². The molecule has 7 nitrogen and oxygen atoms in total. The van der Waals surface area contributed by atoms with Gasteiger partial charge in [0, 0.05) is 38.7 Å². The molecular weight excluding hydrogens is 727 g/mol. The van der Waals surface area contributed by atoms with Crippen LogP contribution in [-0.4, -0.2) is 23.2 Å². The molecule has 0 saturated carbocycles. The lowest BCUT2D eigenvalue weighted by Gasteiger charge is -2.45. The Bertz CT molecular complexity index is 3160. The third-order valence-electron chi connectivity index (χ3n) is 11.6. The van der Waals surface area contributed by atoms with Crippen LogP contribution in [0.4, 0.5) is 0 Å². The van der Waals surface area contributed by atoms with E-state index in [1.165, 1.54) is 5.56 Å². The van der Waals surface area contributed by atoms with Gasteiger partial charge >= 0.3 is 0 Å². The van der Waals surface area contributed by atoms with Gasteiger partial charge in [-0.2, -0.15) is 0 Å². The first kappa shape index (κ1) is 33.6. The molecule has 0 bridgehead atoms. The van der Waals surface area contributed by atoms with Crippen molar-refractivity contribution in [2.45, 2.75) is 41.4 Å². The van der Waals surface area contributed by atoms with E-state index in [1.807, 2.05) is 103 Å². The molecule has 0 unspecified atom stereocenters. The predicted octanol–water partition coefficient (Wildman–Crippen LogP) is 11.4. The second-order valence-corrected chi connectivity index (χ2v) is 17.7. The molecule has 2 aromatic heterocycles. The summed E-state index contributed by atoms with van der Waals surface area (Å²) in [5.41, 5.74) is 7.78. The van der Waals surface area contributed by atoms with E-state index in [-0.39, 0.29) is 10.3 Å². The Morgan fingerprint density at radius 3 is 1.75 bits per heavy atom. The van der Waals surface area contributed by atoms with Crippen LogP contribution in [0.5, 0.6) is 11.5 Å². The van der Waals surface area contributed by atoms with Crippen LogP contribution in [0.3, 0.4) is 0 Å². The molecule has 7 aromatic carbocycles. The van der Waals surface area contributed by atoms with Gasteiger partial charge in [-0.15, -0.1) is 10.2 Å². The van der Waals surface area contributed by atoms with Crippen LogP contribution < -0.4 is 4.74 Å². The van der Waals surface area contributed by atoms with Gasteiger partial charge in [0.1, 0.15) is 11.5 Å². The van der Waals surface area contributed by atoms with Gasteiger partial charge in [0.05, 0.1) is 26.2 Å². The van der Waals surface area contributed by atoms with Gasteiger partial charge in [0.15, 0.2) is 0 Å². The van der Waals surface area contributed by atoms with Gasteiger partial charge in [-0.3, -0.25) is 0 Å². The van der Waals surface area contributed by atoms with E-state index in [0.29, 0.717) is 39.3 Å². The number of ether oxygens (including phenoxy) is 1. The van der Waals surface area contributed by atoms with Crippen LogP contribution >= 0.6 is 0 Å². The van der Waals surface area contributed by atoms with E-state index < -0.39 is 15.3 Å². The first-order valence-corrected chi connectivity index (χ1v) is 20.5. The smallest absolute Gasteiger partial charge is 0.248 e. The fourth-order valence-corrected chi connectivity index (χ4v) is 10.7. The molecule has 0 N–H and O–H groups in total. The molecular formula is C49H35N3O4S. The van der Waals surface area contributed by atoms with Crippen LogP contribution in [0.15, 0.2) is 172 Å². The molecule has 11 rings (SSSR count). The lowest BCUT2D eigenvalue weighted by atomic mass is 9.63. The summed E-state index contributed by atoms with van der Waals surface area (Å²) in [4.78, 5) is 0.564. The van der Waals surface area contributed by atoms with E-state index in [9.17, 15) is 8.42 Å². The van der Waals surface area contributed by atoms with Crippen molar-refractivity contribution in [1.82, 2.24) is 14.8 Å². The Morgan fingerprint density at radius 2 is 1.11 bits per heavy atom. The summed E-state index contributed by atoms with van der Waals surface area (Å²) in [6.07, 6.45) is 0. The highest BCUT2D eigenvalue weighted by Crippen LogP contribution is 2.60.